The molecule has 154 valence electrons. The van der Waals surface area contributed by atoms with Crippen LogP contribution >= 0.6 is 0 Å². The number of methoxy groups -OCH3 is 1. The number of ether oxygens (including phenoxy) is 2. The monoisotopic (exact) mass is 400 g/mol. The lowest BCUT2D eigenvalue weighted by molar-refractivity contribution is -0.150. The van der Waals surface area contributed by atoms with Gasteiger partial charge in [0.15, 0.2) is 12.4 Å². The van der Waals surface area contributed by atoms with Crippen molar-refractivity contribution in [1.82, 2.24) is 19.9 Å². The Kier molecular flexibility index (Phi) is 6.77. The fourth-order valence-corrected chi connectivity index (χ4v) is 2.98. The second-order valence-electron chi connectivity index (χ2n) is 6.55. The SMILES string of the molecule is COc1ccccc1Nc1nc(N)nc(COC(=O)CN2CCCCCC2=O)n1. The number of rotatable bonds is 7. The average Bonchev–Trinajstić information content (AvgIpc) is 2.91. The summed E-state index contributed by atoms with van der Waals surface area (Å²) >= 11 is 0. The Morgan fingerprint density at radius 3 is 2.86 bits per heavy atom. The van der Waals surface area contributed by atoms with E-state index in [4.69, 9.17) is 15.2 Å². The van der Waals surface area contributed by atoms with E-state index < -0.39 is 5.97 Å². The zero-order valence-corrected chi connectivity index (χ0v) is 16.3. The van der Waals surface area contributed by atoms with E-state index in [1.54, 1.807) is 19.2 Å². The Hall–Kier alpha value is -3.43. The van der Waals surface area contributed by atoms with Gasteiger partial charge in [0.2, 0.25) is 17.8 Å². The largest absolute Gasteiger partial charge is 0.495 e. The van der Waals surface area contributed by atoms with E-state index in [0.29, 0.717) is 24.4 Å². The zero-order chi connectivity index (χ0) is 20.6. The highest BCUT2D eigenvalue weighted by Crippen LogP contribution is 2.25. The van der Waals surface area contributed by atoms with Gasteiger partial charge in [-0.2, -0.15) is 15.0 Å². The van der Waals surface area contributed by atoms with Gasteiger partial charge in [-0.15, -0.1) is 0 Å². The Morgan fingerprint density at radius 2 is 2.03 bits per heavy atom. The van der Waals surface area contributed by atoms with Crippen LogP contribution in [0.15, 0.2) is 24.3 Å². The van der Waals surface area contributed by atoms with Crippen molar-refractivity contribution in [2.75, 3.05) is 31.2 Å². The Bertz CT molecular complexity index is 876. The van der Waals surface area contributed by atoms with Crippen molar-refractivity contribution < 1.29 is 19.1 Å². The van der Waals surface area contributed by atoms with Gasteiger partial charge in [-0.05, 0) is 25.0 Å². The number of nitrogens with one attached hydrogen (secondary N) is 1. The van der Waals surface area contributed by atoms with E-state index in [-0.39, 0.29) is 36.8 Å². The van der Waals surface area contributed by atoms with Crippen LogP contribution in [-0.4, -0.2) is 51.9 Å². The van der Waals surface area contributed by atoms with Crippen molar-refractivity contribution in [1.29, 1.82) is 0 Å². The number of esters is 1. The van der Waals surface area contributed by atoms with Gasteiger partial charge in [-0.25, -0.2) is 0 Å². The second-order valence-corrected chi connectivity index (χ2v) is 6.55. The fourth-order valence-electron chi connectivity index (χ4n) is 2.98. The van der Waals surface area contributed by atoms with Gasteiger partial charge in [0, 0.05) is 13.0 Å². The van der Waals surface area contributed by atoms with Crippen molar-refractivity contribution in [3.8, 4) is 5.75 Å². The zero-order valence-electron chi connectivity index (χ0n) is 16.3. The molecule has 0 aliphatic carbocycles. The van der Waals surface area contributed by atoms with Gasteiger partial charge in [-0.1, -0.05) is 18.6 Å². The Labute approximate surface area is 168 Å². The van der Waals surface area contributed by atoms with E-state index in [1.807, 2.05) is 12.1 Å². The molecule has 0 atom stereocenters. The van der Waals surface area contributed by atoms with Crippen LogP contribution in [0, 0.1) is 0 Å². The van der Waals surface area contributed by atoms with Gasteiger partial charge in [0.25, 0.3) is 0 Å². The predicted molar refractivity (Wildman–Crippen MR) is 105 cm³/mol. The van der Waals surface area contributed by atoms with Crippen molar-refractivity contribution in [2.45, 2.75) is 32.3 Å². The molecule has 1 aromatic heterocycles. The van der Waals surface area contributed by atoms with E-state index in [9.17, 15) is 9.59 Å². The number of hydrogen-bond donors (Lipinski definition) is 2. The van der Waals surface area contributed by atoms with E-state index >= 15 is 0 Å². The molecule has 0 bridgehead atoms. The molecule has 0 spiro atoms. The number of carbonyl (C=O) groups excluding carboxylic acids is 2. The molecule has 1 saturated heterocycles. The van der Waals surface area contributed by atoms with Gasteiger partial charge in [-0.3, -0.25) is 9.59 Å². The molecule has 10 nitrogen and oxygen atoms in total. The number of para-hydroxylation sites is 2. The Morgan fingerprint density at radius 1 is 1.21 bits per heavy atom. The fraction of sp³-hybridized carbons (Fsp3) is 0.421. The highest BCUT2D eigenvalue weighted by atomic mass is 16.5. The maximum absolute atomic E-state index is 12.1. The van der Waals surface area contributed by atoms with Gasteiger partial charge < -0.3 is 25.4 Å². The summed E-state index contributed by atoms with van der Waals surface area (Å²) in [5.74, 6) is 0.472. The number of aromatic nitrogens is 3. The highest BCUT2D eigenvalue weighted by molar-refractivity contribution is 5.82. The molecule has 3 rings (SSSR count). The van der Waals surface area contributed by atoms with Gasteiger partial charge >= 0.3 is 5.97 Å². The molecule has 29 heavy (non-hydrogen) atoms. The summed E-state index contributed by atoms with van der Waals surface area (Å²) in [6, 6.07) is 7.27. The van der Waals surface area contributed by atoms with Crippen molar-refractivity contribution >= 4 is 29.5 Å². The topological polar surface area (TPSA) is 133 Å². The molecule has 1 aliphatic heterocycles. The average molecular weight is 400 g/mol. The highest BCUT2D eigenvalue weighted by Gasteiger charge is 2.20. The van der Waals surface area contributed by atoms with Crippen LogP contribution in [0.25, 0.3) is 0 Å². The number of nitrogens with zero attached hydrogens (tertiary/aromatic N) is 4. The van der Waals surface area contributed by atoms with Crippen molar-refractivity contribution in [3.63, 3.8) is 0 Å². The number of carbonyl (C=O) groups is 2. The molecule has 2 heterocycles. The number of amides is 1. The molecule has 1 amide bonds. The number of benzene rings is 1. The van der Waals surface area contributed by atoms with Gasteiger partial charge in [0.05, 0.1) is 12.8 Å². The molecule has 2 aromatic rings. The third kappa shape index (κ3) is 5.77. The Balaban J connectivity index is 1.61. The number of nitrogens with two attached hydrogens (primary N) is 1. The molecular formula is C19H24N6O4. The lowest BCUT2D eigenvalue weighted by atomic mass is 10.2. The summed E-state index contributed by atoms with van der Waals surface area (Å²) in [7, 11) is 1.56. The van der Waals surface area contributed by atoms with Crippen LogP contribution < -0.4 is 15.8 Å². The molecule has 1 fully saturated rings. The van der Waals surface area contributed by atoms with Crippen LogP contribution in [0.1, 0.15) is 31.5 Å². The minimum atomic E-state index is -0.515. The summed E-state index contributed by atoms with van der Waals surface area (Å²) in [6.45, 7) is 0.319. The molecule has 0 radical (unpaired) electrons. The minimum Gasteiger partial charge on any atom is -0.495 e. The third-order valence-corrected chi connectivity index (χ3v) is 4.41. The number of nitrogen functional groups attached to an aromatic ring is 1. The molecule has 1 aromatic carbocycles. The quantitative estimate of drug-likeness (QED) is 0.666. The lowest BCUT2D eigenvalue weighted by Crippen LogP contribution is -2.36. The van der Waals surface area contributed by atoms with E-state index in [2.05, 4.69) is 20.3 Å². The normalized spacial score (nSPS) is 14.2. The maximum Gasteiger partial charge on any atom is 0.326 e. The minimum absolute atomic E-state index is 0.00820. The predicted octanol–water partition coefficient (Wildman–Crippen LogP) is 1.65. The third-order valence-electron chi connectivity index (χ3n) is 4.41. The smallest absolute Gasteiger partial charge is 0.326 e. The molecular weight excluding hydrogens is 376 g/mol. The molecule has 0 unspecified atom stereocenters. The summed E-state index contributed by atoms with van der Waals surface area (Å²) in [6.07, 6.45) is 3.20. The molecule has 10 heteroatoms. The first-order valence-electron chi connectivity index (χ1n) is 9.39. The number of anilines is 3. The summed E-state index contributed by atoms with van der Waals surface area (Å²) in [4.78, 5) is 37.9. The van der Waals surface area contributed by atoms with Crippen LogP contribution in [0.4, 0.5) is 17.6 Å². The van der Waals surface area contributed by atoms with Crippen molar-refractivity contribution in [3.05, 3.63) is 30.1 Å². The van der Waals surface area contributed by atoms with E-state index in [0.717, 1.165) is 19.3 Å². The summed E-state index contributed by atoms with van der Waals surface area (Å²) < 4.78 is 10.5. The van der Waals surface area contributed by atoms with Crippen LogP contribution in [-0.2, 0) is 20.9 Å². The first-order chi connectivity index (χ1) is 14.0. The summed E-state index contributed by atoms with van der Waals surface area (Å²) in [5.41, 5.74) is 6.40. The first kappa shape index (κ1) is 20.3. The van der Waals surface area contributed by atoms with Crippen molar-refractivity contribution in [2.24, 2.45) is 0 Å². The van der Waals surface area contributed by atoms with E-state index in [1.165, 1.54) is 4.90 Å². The summed E-state index contributed by atoms with van der Waals surface area (Å²) in [5, 5.41) is 3.01. The number of hydrogen-bond acceptors (Lipinski definition) is 9. The van der Waals surface area contributed by atoms with Crippen LogP contribution in [0.5, 0.6) is 5.75 Å². The second kappa shape index (κ2) is 9.67. The lowest BCUT2D eigenvalue weighted by Gasteiger charge is -2.19. The van der Waals surface area contributed by atoms with Crippen LogP contribution in [0.3, 0.4) is 0 Å². The molecule has 1 aliphatic rings. The molecule has 0 saturated carbocycles. The first-order valence-corrected chi connectivity index (χ1v) is 9.39. The van der Waals surface area contributed by atoms with Crippen LogP contribution in [0.2, 0.25) is 0 Å². The standard InChI is InChI=1S/C19H24N6O4/c1-28-14-8-5-4-7-13(14)21-19-23-15(22-18(20)24-19)12-29-17(27)11-25-10-6-2-3-9-16(25)26/h4-5,7-8H,2-3,6,9-12H2,1H3,(H3,20,21,22,23,24). The maximum atomic E-state index is 12.1. The van der Waals surface area contributed by atoms with Gasteiger partial charge in [0.1, 0.15) is 12.3 Å². The number of likely N-dealkylation sites (tertiary alicyclic amines) is 1. The molecule has 3 N–H and O–H groups in total.